The summed E-state index contributed by atoms with van der Waals surface area (Å²) in [6, 6.07) is 8.35. The lowest BCUT2D eigenvalue weighted by molar-refractivity contribution is -0.132. The van der Waals surface area contributed by atoms with Crippen LogP contribution in [0.25, 0.3) is 0 Å². The fraction of sp³-hybridized carbons (Fsp3) is 0.348. The highest BCUT2D eigenvalue weighted by molar-refractivity contribution is 7.89. The van der Waals surface area contributed by atoms with Crippen molar-refractivity contribution >= 4 is 56.7 Å². The fourth-order valence-corrected chi connectivity index (χ4v) is 7.05. The molecule has 1 heterocycles. The van der Waals surface area contributed by atoms with Gasteiger partial charge in [-0.05, 0) is 55.3 Å². The van der Waals surface area contributed by atoms with Gasteiger partial charge in [-0.2, -0.15) is 4.31 Å². The summed E-state index contributed by atoms with van der Waals surface area (Å²) >= 11 is 12.3. The Labute approximate surface area is 207 Å². The first kappa shape index (κ1) is 24.7. The number of rotatable bonds is 6. The Morgan fingerprint density at radius 2 is 1.71 bits per heavy atom. The number of ether oxygens (including phenoxy) is 1. The molecule has 2 aliphatic rings. The molecule has 0 aromatic heterocycles. The van der Waals surface area contributed by atoms with Gasteiger partial charge in [0, 0.05) is 18.0 Å². The molecule has 4 rings (SSSR count). The normalized spacial score (nSPS) is 19.3. The van der Waals surface area contributed by atoms with Gasteiger partial charge in [0.25, 0.3) is 5.91 Å². The van der Waals surface area contributed by atoms with E-state index in [1.165, 1.54) is 49.4 Å². The number of anilines is 1. The highest BCUT2D eigenvalue weighted by atomic mass is 35.5. The number of carbonyl (C=O) groups excluding carboxylic acids is 3. The molecule has 2 fully saturated rings. The second-order valence-corrected chi connectivity index (χ2v) is 10.9. The third-order valence-electron chi connectivity index (χ3n) is 5.92. The molecule has 2 aromatic rings. The van der Waals surface area contributed by atoms with E-state index in [9.17, 15) is 22.8 Å². The van der Waals surface area contributed by atoms with Crippen molar-refractivity contribution in [1.29, 1.82) is 0 Å². The Bertz CT molecular complexity index is 1240. The smallest absolute Gasteiger partial charge is 0.308 e. The molecule has 2 amide bonds. The number of hydrogen-bond donors (Lipinski definition) is 0. The lowest BCUT2D eigenvalue weighted by Gasteiger charge is -2.32. The Balaban J connectivity index is 1.71. The summed E-state index contributed by atoms with van der Waals surface area (Å²) < 4.78 is 33.7. The summed E-state index contributed by atoms with van der Waals surface area (Å²) in [5.74, 6) is -1.40. The minimum absolute atomic E-state index is 0.0120. The molecule has 0 N–H and O–H groups in total. The van der Waals surface area contributed by atoms with E-state index in [0.717, 1.165) is 22.0 Å². The van der Waals surface area contributed by atoms with Crippen LogP contribution in [0.1, 0.15) is 39.0 Å². The van der Waals surface area contributed by atoms with Crippen LogP contribution < -0.4 is 9.64 Å². The first-order valence-electron chi connectivity index (χ1n) is 10.7. The molecular weight excluding hydrogens is 503 g/mol. The minimum atomic E-state index is -4.24. The molecule has 11 heteroatoms. The van der Waals surface area contributed by atoms with Crippen molar-refractivity contribution in [3.8, 4) is 5.75 Å². The monoisotopic (exact) mass is 524 g/mol. The van der Waals surface area contributed by atoms with Crippen LogP contribution in [0.15, 0.2) is 47.4 Å². The van der Waals surface area contributed by atoms with Gasteiger partial charge in [-0.3, -0.25) is 14.4 Å². The number of sulfonamides is 1. The molecule has 1 aliphatic heterocycles. The number of carbonyl (C=O) groups is 3. The summed E-state index contributed by atoms with van der Waals surface area (Å²) in [5, 5.41) is 0.180. The maximum absolute atomic E-state index is 13.8. The second kappa shape index (κ2) is 9.65. The third-order valence-corrected chi connectivity index (χ3v) is 8.60. The average Bonchev–Trinajstić information content (AvgIpc) is 3.39. The van der Waals surface area contributed by atoms with Crippen molar-refractivity contribution < 1.29 is 27.5 Å². The Kier molecular flexibility index (Phi) is 7.00. The van der Waals surface area contributed by atoms with E-state index in [-0.39, 0.29) is 32.8 Å². The Morgan fingerprint density at radius 3 is 2.32 bits per heavy atom. The van der Waals surface area contributed by atoms with Crippen LogP contribution in [-0.4, -0.2) is 42.6 Å². The fourth-order valence-electron chi connectivity index (χ4n) is 4.48. The Morgan fingerprint density at radius 1 is 1.06 bits per heavy atom. The zero-order valence-electron chi connectivity index (χ0n) is 18.2. The molecular formula is C23H22Cl2N2O6S. The van der Waals surface area contributed by atoms with Gasteiger partial charge < -0.3 is 4.74 Å². The lowest BCUT2D eigenvalue weighted by atomic mass is 10.2. The van der Waals surface area contributed by atoms with Crippen LogP contribution in [0, 0.1) is 0 Å². The maximum Gasteiger partial charge on any atom is 0.308 e. The number of esters is 1. The molecule has 1 saturated heterocycles. The van der Waals surface area contributed by atoms with Gasteiger partial charge in [0.1, 0.15) is 16.7 Å². The van der Waals surface area contributed by atoms with E-state index >= 15 is 0 Å². The molecule has 1 unspecified atom stereocenters. The molecule has 8 nitrogen and oxygen atoms in total. The first-order chi connectivity index (χ1) is 16.1. The summed E-state index contributed by atoms with van der Waals surface area (Å²) in [6.45, 7) is 1.26. The second-order valence-electron chi connectivity index (χ2n) is 8.22. The number of hydrogen-bond acceptors (Lipinski definition) is 6. The summed E-state index contributed by atoms with van der Waals surface area (Å²) in [5.41, 5.74) is 0.262. The molecule has 1 saturated carbocycles. The average molecular weight is 525 g/mol. The first-order valence-corrected chi connectivity index (χ1v) is 12.9. The van der Waals surface area contributed by atoms with E-state index in [4.69, 9.17) is 27.9 Å². The SMILES string of the molecule is CC(=O)Oc1ccc(N2C(=O)CC(N(C3CCCC3)S(=O)(=O)c3cc(Cl)ccc3Cl)C2=O)cc1. The largest absolute Gasteiger partial charge is 0.427 e. The molecule has 0 bridgehead atoms. The van der Waals surface area contributed by atoms with Crippen LogP contribution in [0.4, 0.5) is 5.69 Å². The summed E-state index contributed by atoms with van der Waals surface area (Å²) in [6.07, 6.45) is 2.49. The zero-order valence-corrected chi connectivity index (χ0v) is 20.6. The lowest BCUT2D eigenvalue weighted by Crippen LogP contribution is -2.49. The van der Waals surface area contributed by atoms with Gasteiger partial charge in [-0.25, -0.2) is 13.3 Å². The molecule has 34 heavy (non-hydrogen) atoms. The molecule has 1 aliphatic carbocycles. The van der Waals surface area contributed by atoms with Crippen LogP contribution in [-0.2, 0) is 24.4 Å². The van der Waals surface area contributed by atoms with Gasteiger partial charge in [0.15, 0.2) is 0 Å². The van der Waals surface area contributed by atoms with Crippen molar-refractivity contribution in [2.24, 2.45) is 0 Å². The van der Waals surface area contributed by atoms with E-state index < -0.39 is 39.9 Å². The van der Waals surface area contributed by atoms with Crippen LogP contribution >= 0.6 is 23.2 Å². The molecule has 2 aromatic carbocycles. The van der Waals surface area contributed by atoms with Gasteiger partial charge in [-0.15, -0.1) is 0 Å². The quantitative estimate of drug-likeness (QED) is 0.319. The number of amides is 2. The predicted octanol–water partition coefficient (Wildman–Crippen LogP) is 4.18. The van der Waals surface area contributed by atoms with E-state index in [0.29, 0.717) is 12.8 Å². The van der Waals surface area contributed by atoms with Crippen LogP contribution in [0.3, 0.4) is 0 Å². The van der Waals surface area contributed by atoms with Gasteiger partial charge in [0.05, 0.1) is 17.1 Å². The van der Waals surface area contributed by atoms with Crippen molar-refractivity contribution in [2.75, 3.05) is 4.90 Å². The maximum atomic E-state index is 13.8. The van der Waals surface area contributed by atoms with Gasteiger partial charge in [-0.1, -0.05) is 36.0 Å². The summed E-state index contributed by atoms with van der Waals surface area (Å²) in [7, 11) is -4.24. The van der Waals surface area contributed by atoms with Crippen LogP contribution in [0.5, 0.6) is 5.75 Å². The predicted molar refractivity (Wildman–Crippen MR) is 126 cm³/mol. The van der Waals surface area contributed by atoms with Crippen molar-refractivity contribution in [3.63, 3.8) is 0 Å². The number of nitrogens with zero attached hydrogens (tertiary/aromatic N) is 2. The zero-order chi connectivity index (χ0) is 24.6. The van der Waals surface area contributed by atoms with Gasteiger partial charge in [0.2, 0.25) is 15.9 Å². The van der Waals surface area contributed by atoms with Crippen molar-refractivity contribution in [3.05, 3.63) is 52.5 Å². The van der Waals surface area contributed by atoms with Crippen molar-refractivity contribution in [1.82, 2.24) is 4.31 Å². The van der Waals surface area contributed by atoms with Gasteiger partial charge >= 0.3 is 5.97 Å². The molecule has 0 radical (unpaired) electrons. The third kappa shape index (κ3) is 4.70. The molecule has 1 atom stereocenters. The highest BCUT2D eigenvalue weighted by Crippen LogP contribution is 2.38. The number of benzene rings is 2. The summed E-state index contributed by atoms with van der Waals surface area (Å²) in [4.78, 5) is 38.3. The topological polar surface area (TPSA) is 101 Å². The number of halogens is 2. The Hall–Kier alpha value is -2.46. The van der Waals surface area contributed by atoms with E-state index in [1.807, 2.05) is 0 Å². The number of imide groups is 1. The molecule has 180 valence electrons. The molecule has 0 spiro atoms. The van der Waals surface area contributed by atoms with Crippen LogP contribution in [0.2, 0.25) is 10.0 Å². The van der Waals surface area contributed by atoms with E-state index in [1.54, 1.807) is 0 Å². The standard InChI is InChI=1S/C23H22Cl2N2O6S/c1-14(28)33-18-9-7-16(8-10-18)26-22(29)13-20(23(26)30)27(17-4-2-3-5-17)34(31,32)21-12-15(24)6-11-19(21)25/h6-12,17,20H,2-5,13H2,1H3. The highest BCUT2D eigenvalue weighted by Gasteiger charge is 2.50. The minimum Gasteiger partial charge on any atom is -0.427 e. The van der Waals surface area contributed by atoms with Crippen molar-refractivity contribution in [2.45, 2.75) is 56.0 Å². The van der Waals surface area contributed by atoms with E-state index in [2.05, 4.69) is 0 Å².